The molecule has 19 heavy (non-hydrogen) atoms. The van der Waals surface area contributed by atoms with Crippen molar-refractivity contribution in [2.75, 3.05) is 13.2 Å². The van der Waals surface area contributed by atoms with E-state index in [-0.39, 0.29) is 19.1 Å². The monoisotopic (exact) mass is 279 g/mol. The van der Waals surface area contributed by atoms with Crippen LogP contribution >= 0.6 is 0 Å². The summed E-state index contributed by atoms with van der Waals surface area (Å²) < 4.78 is 4.91. The van der Waals surface area contributed by atoms with Gasteiger partial charge in [-0.15, -0.1) is 0 Å². The molecule has 1 unspecified atom stereocenters. The molecule has 5 atom stereocenters. The lowest BCUT2D eigenvalue weighted by Crippen LogP contribution is -2.65. The number of aliphatic carboxylic acids is 1. The van der Waals surface area contributed by atoms with E-state index in [4.69, 9.17) is 9.84 Å². The molecular formula is C11H21NO7. The number of aliphatic hydroxyl groups excluding tert-OH is 3. The number of hydrogen-bond acceptors (Lipinski definition) is 7. The highest BCUT2D eigenvalue weighted by atomic mass is 16.6. The second-order valence-electron chi connectivity index (χ2n) is 5.10. The fourth-order valence-electron chi connectivity index (χ4n) is 1.91. The van der Waals surface area contributed by atoms with Gasteiger partial charge in [0.2, 0.25) is 5.79 Å². The molecule has 8 nitrogen and oxygen atoms in total. The van der Waals surface area contributed by atoms with Crippen molar-refractivity contribution in [3.8, 4) is 0 Å². The van der Waals surface area contributed by atoms with Crippen LogP contribution in [0.15, 0.2) is 0 Å². The highest BCUT2D eigenvalue weighted by Gasteiger charge is 2.48. The molecule has 0 aromatic carbocycles. The van der Waals surface area contributed by atoms with Crippen LogP contribution in [0.1, 0.15) is 13.8 Å². The van der Waals surface area contributed by atoms with Crippen molar-refractivity contribution in [2.45, 2.75) is 44.0 Å². The zero-order valence-corrected chi connectivity index (χ0v) is 10.9. The van der Waals surface area contributed by atoms with E-state index < -0.39 is 36.1 Å². The van der Waals surface area contributed by atoms with E-state index in [1.54, 1.807) is 13.8 Å². The first-order valence-corrected chi connectivity index (χ1v) is 6.05. The van der Waals surface area contributed by atoms with Crippen molar-refractivity contribution in [3.63, 3.8) is 0 Å². The molecule has 1 aliphatic rings. The predicted octanol–water partition coefficient (Wildman–Crippen LogP) is -2.51. The van der Waals surface area contributed by atoms with E-state index >= 15 is 0 Å². The standard InChI is InChI=1S/C11H21NO7/c1-5(2)7(10(16)17)12-4-11(18)9(15)8(14)6(13)3-19-11/h5-9,12-15,18H,3-4H2,1-2H3,(H,16,17)/t6-,7+,8-,9+,11?/m1/s1. The van der Waals surface area contributed by atoms with Crippen LogP contribution in [0.4, 0.5) is 0 Å². The summed E-state index contributed by atoms with van der Waals surface area (Å²) in [5.74, 6) is -3.47. The molecule has 0 saturated carbocycles. The number of rotatable bonds is 5. The molecule has 0 amide bonds. The SMILES string of the molecule is CC(C)[C@H](NCC1(O)OC[C@@H](O)[C@@H](O)[C@@H]1O)C(=O)O. The molecule has 0 radical (unpaired) electrons. The van der Waals surface area contributed by atoms with Gasteiger partial charge in [-0.2, -0.15) is 0 Å². The second-order valence-corrected chi connectivity index (χ2v) is 5.10. The fourth-order valence-corrected chi connectivity index (χ4v) is 1.91. The Morgan fingerprint density at radius 2 is 2.00 bits per heavy atom. The molecule has 112 valence electrons. The Kier molecular flexibility index (Phi) is 5.25. The van der Waals surface area contributed by atoms with E-state index in [1.165, 1.54) is 0 Å². The third-order valence-corrected chi connectivity index (χ3v) is 3.19. The van der Waals surface area contributed by atoms with Crippen molar-refractivity contribution >= 4 is 5.97 Å². The van der Waals surface area contributed by atoms with E-state index in [2.05, 4.69) is 5.32 Å². The molecule has 1 rings (SSSR count). The van der Waals surface area contributed by atoms with Gasteiger partial charge in [-0.1, -0.05) is 13.8 Å². The maximum absolute atomic E-state index is 11.0. The smallest absolute Gasteiger partial charge is 0.320 e. The van der Waals surface area contributed by atoms with E-state index in [0.717, 1.165) is 0 Å². The van der Waals surface area contributed by atoms with E-state index in [0.29, 0.717) is 0 Å². The van der Waals surface area contributed by atoms with Gasteiger partial charge in [0.05, 0.1) is 13.2 Å². The Balaban J connectivity index is 2.67. The normalized spacial score (nSPS) is 37.3. The minimum Gasteiger partial charge on any atom is -0.480 e. The molecule has 6 N–H and O–H groups in total. The third kappa shape index (κ3) is 3.62. The largest absolute Gasteiger partial charge is 0.480 e. The molecular weight excluding hydrogens is 258 g/mol. The average Bonchev–Trinajstić information content (AvgIpc) is 2.31. The van der Waals surface area contributed by atoms with Crippen molar-refractivity contribution in [3.05, 3.63) is 0 Å². The predicted molar refractivity (Wildman–Crippen MR) is 63.2 cm³/mol. The summed E-state index contributed by atoms with van der Waals surface area (Å²) in [4.78, 5) is 11.0. The average molecular weight is 279 g/mol. The Hall–Kier alpha value is -0.770. The first-order chi connectivity index (χ1) is 8.69. The first-order valence-electron chi connectivity index (χ1n) is 6.05. The second kappa shape index (κ2) is 6.12. The van der Waals surface area contributed by atoms with Gasteiger partial charge in [-0.25, -0.2) is 0 Å². The van der Waals surface area contributed by atoms with E-state index in [9.17, 15) is 25.2 Å². The van der Waals surface area contributed by atoms with Crippen molar-refractivity contribution in [2.24, 2.45) is 5.92 Å². The maximum atomic E-state index is 11.0. The Morgan fingerprint density at radius 3 is 2.47 bits per heavy atom. The Bertz CT molecular complexity index is 324. The van der Waals surface area contributed by atoms with Gasteiger partial charge in [0, 0.05) is 0 Å². The van der Waals surface area contributed by atoms with Crippen LogP contribution in [0.5, 0.6) is 0 Å². The van der Waals surface area contributed by atoms with Gasteiger partial charge in [0.1, 0.15) is 24.4 Å². The van der Waals surface area contributed by atoms with Gasteiger partial charge < -0.3 is 30.3 Å². The number of nitrogens with one attached hydrogen (secondary N) is 1. The topological polar surface area (TPSA) is 139 Å². The van der Waals surface area contributed by atoms with Crippen LogP contribution in [0.2, 0.25) is 0 Å². The first kappa shape index (κ1) is 16.3. The molecule has 1 heterocycles. The summed E-state index contributed by atoms with van der Waals surface area (Å²) in [5, 5.41) is 50.0. The minimum atomic E-state index is -2.14. The summed E-state index contributed by atoms with van der Waals surface area (Å²) >= 11 is 0. The summed E-state index contributed by atoms with van der Waals surface area (Å²) in [6.07, 6.45) is -4.58. The minimum absolute atomic E-state index is 0.239. The summed E-state index contributed by atoms with van der Waals surface area (Å²) in [6, 6.07) is -0.927. The highest BCUT2D eigenvalue weighted by Crippen LogP contribution is 2.23. The van der Waals surface area contributed by atoms with Gasteiger partial charge in [-0.05, 0) is 5.92 Å². The molecule has 1 aliphatic heterocycles. The molecule has 0 spiro atoms. The van der Waals surface area contributed by atoms with Crippen LogP contribution in [0.25, 0.3) is 0 Å². The van der Waals surface area contributed by atoms with Gasteiger partial charge in [0.25, 0.3) is 0 Å². The zero-order chi connectivity index (χ0) is 14.8. The maximum Gasteiger partial charge on any atom is 0.320 e. The quantitative estimate of drug-likeness (QED) is 0.324. The van der Waals surface area contributed by atoms with Crippen LogP contribution in [0.3, 0.4) is 0 Å². The number of carbonyl (C=O) groups is 1. The number of carboxylic acids is 1. The summed E-state index contributed by atoms with van der Waals surface area (Å²) in [5.41, 5.74) is 0. The molecule has 1 saturated heterocycles. The number of aliphatic hydroxyl groups is 4. The summed E-state index contributed by atoms with van der Waals surface area (Å²) in [6.45, 7) is 2.64. The highest BCUT2D eigenvalue weighted by molar-refractivity contribution is 5.73. The Morgan fingerprint density at radius 1 is 1.42 bits per heavy atom. The van der Waals surface area contributed by atoms with Gasteiger partial charge >= 0.3 is 5.97 Å². The van der Waals surface area contributed by atoms with Crippen molar-refractivity contribution in [1.82, 2.24) is 5.32 Å². The number of hydrogen-bond donors (Lipinski definition) is 6. The van der Waals surface area contributed by atoms with Gasteiger partial charge in [-0.3, -0.25) is 10.1 Å². The molecule has 1 fully saturated rings. The van der Waals surface area contributed by atoms with Gasteiger partial charge in [0.15, 0.2) is 0 Å². The van der Waals surface area contributed by atoms with Crippen LogP contribution < -0.4 is 5.32 Å². The summed E-state index contributed by atoms with van der Waals surface area (Å²) in [7, 11) is 0. The number of ether oxygens (including phenoxy) is 1. The lowest BCUT2D eigenvalue weighted by molar-refractivity contribution is -0.318. The van der Waals surface area contributed by atoms with Crippen LogP contribution in [-0.4, -0.2) is 74.8 Å². The van der Waals surface area contributed by atoms with Crippen molar-refractivity contribution < 1.29 is 35.1 Å². The molecule has 8 heteroatoms. The molecule has 0 bridgehead atoms. The van der Waals surface area contributed by atoms with Crippen LogP contribution in [0, 0.1) is 5.92 Å². The van der Waals surface area contributed by atoms with E-state index in [1.807, 2.05) is 0 Å². The molecule has 0 aliphatic carbocycles. The molecule has 0 aromatic heterocycles. The zero-order valence-electron chi connectivity index (χ0n) is 10.9. The Labute approximate surface area is 110 Å². The molecule has 0 aromatic rings. The lowest BCUT2D eigenvalue weighted by Gasteiger charge is -2.42. The lowest BCUT2D eigenvalue weighted by atomic mass is 9.96. The third-order valence-electron chi connectivity index (χ3n) is 3.19. The van der Waals surface area contributed by atoms with Crippen molar-refractivity contribution in [1.29, 1.82) is 0 Å². The number of carboxylic acid groups (broad SMARTS) is 1. The van der Waals surface area contributed by atoms with Crippen LogP contribution in [-0.2, 0) is 9.53 Å². The fraction of sp³-hybridized carbons (Fsp3) is 0.909.